The van der Waals surface area contributed by atoms with Gasteiger partial charge in [-0.1, -0.05) is 0 Å². The molecule has 0 spiro atoms. The summed E-state index contributed by atoms with van der Waals surface area (Å²) in [6.07, 6.45) is 4.83. The van der Waals surface area contributed by atoms with Gasteiger partial charge in [-0.3, -0.25) is 24.3 Å². The van der Waals surface area contributed by atoms with Crippen LogP contribution in [0.4, 0.5) is 5.82 Å². The lowest BCUT2D eigenvalue weighted by Gasteiger charge is -2.23. The van der Waals surface area contributed by atoms with Crippen molar-refractivity contribution in [2.24, 2.45) is 0 Å². The molecule has 2 aliphatic heterocycles. The first-order chi connectivity index (χ1) is 13.5. The highest BCUT2D eigenvalue weighted by molar-refractivity contribution is 6.23. The maximum absolute atomic E-state index is 12.8. The highest BCUT2D eigenvalue weighted by atomic mass is 16.6. The van der Waals surface area contributed by atoms with Crippen molar-refractivity contribution in [1.29, 1.82) is 0 Å². The van der Waals surface area contributed by atoms with E-state index in [-0.39, 0.29) is 16.9 Å². The standard InChI is InChI=1S/C18H13N5O5/c19-16-15-9(17(25)21-18(15)26)5-14(24)23(16)11-7-13-12(27-3-4-28-13)6-10(11)22-2-1-20-8-22/h1-2,5-8H,3-4,19H2,(H,21,25,26). The van der Waals surface area contributed by atoms with Gasteiger partial charge in [-0.2, -0.15) is 0 Å². The van der Waals surface area contributed by atoms with E-state index in [0.717, 1.165) is 6.07 Å². The largest absolute Gasteiger partial charge is 0.486 e. The predicted octanol–water partition coefficient (Wildman–Crippen LogP) is 0.260. The summed E-state index contributed by atoms with van der Waals surface area (Å²) in [5, 5.41) is 2.15. The van der Waals surface area contributed by atoms with Gasteiger partial charge in [0.25, 0.3) is 17.4 Å². The average molecular weight is 379 g/mol. The van der Waals surface area contributed by atoms with Crippen LogP contribution in [0.25, 0.3) is 11.4 Å². The molecule has 28 heavy (non-hydrogen) atoms. The lowest BCUT2D eigenvalue weighted by atomic mass is 10.1. The Hall–Kier alpha value is -4.08. The molecule has 0 saturated carbocycles. The van der Waals surface area contributed by atoms with Crippen LogP contribution < -0.4 is 26.1 Å². The van der Waals surface area contributed by atoms with Crippen LogP contribution in [-0.2, 0) is 0 Å². The number of aromatic nitrogens is 3. The molecule has 2 aliphatic rings. The van der Waals surface area contributed by atoms with Crippen molar-refractivity contribution in [2.75, 3.05) is 18.9 Å². The highest BCUT2D eigenvalue weighted by Crippen LogP contribution is 2.37. The number of carbonyl (C=O) groups excluding carboxylic acids is 2. The molecule has 10 heteroatoms. The number of hydrogen-bond acceptors (Lipinski definition) is 7. The first-order valence-electron chi connectivity index (χ1n) is 8.38. The molecule has 10 nitrogen and oxygen atoms in total. The van der Waals surface area contributed by atoms with Crippen molar-refractivity contribution < 1.29 is 19.1 Å². The molecule has 3 N–H and O–H groups in total. The number of carbonyl (C=O) groups is 2. The molecular formula is C18H13N5O5. The molecule has 1 aromatic carbocycles. The van der Waals surface area contributed by atoms with Crippen molar-refractivity contribution in [1.82, 2.24) is 19.4 Å². The van der Waals surface area contributed by atoms with E-state index in [1.165, 1.54) is 4.57 Å². The Kier molecular flexibility index (Phi) is 3.29. The minimum Gasteiger partial charge on any atom is -0.486 e. The summed E-state index contributed by atoms with van der Waals surface area (Å²) in [6, 6.07) is 4.42. The molecule has 0 radical (unpaired) electrons. The molecule has 0 unspecified atom stereocenters. The number of imidazole rings is 1. The molecule has 0 atom stereocenters. The van der Waals surface area contributed by atoms with E-state index in [9.17, 15) is 14.4 Å². The van der Waals surface area contributed by atoms with Crippen LogP contribution in [0.2, 0.25) is 0 Å². The number of hydrogen-bond donors (Lipinski definition) is 2. The maximum Gasteiger partial charge on any atom is 0.262 e. The third-order valence-corrected chi connectivity index (χ3v) is 4.62. The van der Waals surface area contributed by atoms with Gasteiger partial charge in [0.1, 0.15) is 19.0 Å². The first kappa shape index (κ1) is 16.1. The second-order valence-electron chi connectivity index (χ2n) is 6.23. The van der Waals surface area contributed by atoms with Gasteiger partial charge < -0.3 is 19.8 Å². The van der Waals surface area contributed by atoms with Crippen LogP contribution in [0.15, 0.2) is 41.7 Å². The number of rotatable bonds is 2. The summed E-state index contributed by atoms with van der Waals surface area (Å²) in [5.74, 6) is -0.471. The minimum atomic E-state index is -0.645. The summed E-state index contributed by atoms with van der Waals surface area (Å²) >= 11 is 0. The molecular weight excluding hydrogens is 366 g/mol. The zero-order valence-electron chi connectivity index (χ0n) is 14.3. The normalized spacial score (nSPS) is 14.7. The molecule has 0 bridgehead atoms. The zero-order valence-corrected chi connectivity index (χ0v) is 14.3. The molecule has 140 valence electrons. The molecule has 0 saturated heterocycles. The van der Waals surface area contributed by atoms with Crippen LogP contribution in [0.1, 0.15) is 20.7 Å². The Labute approximate surface area is 157 Å². The van der Waals surface area contributed by atoms with Gasteiger partial charge in [-0.25, -0.2) is 4.98 Å². The van der Waals surface area contributed by atoms with Crippen molar-refractivity contribution in [2.45, 2.75) is 0 Å². The number of amides is 2. The van der Waals surface area contributed by atoms with Gasteiger partial charge in [0, 0.05) is 30.6 Å². The average Bonchev–Trinajstić information content (AvgIpc) is 3.30. The van der Waals surface area contributed by atoms with Crippen molar-refractivity contribution in [3.8, 4) is 22.9 Å². The number of ether oxygens (including phenoxy) is 2. The van der Waals surface area contributed by atoms with E-state index in [2.05, 4.69) is 10.3 Å². The second kappa shape index (κ2) is 5.71. The fourth-order valence-electron chi connectivity index (χ4n) is 3.38. The van der Waals surface area contributed by atoms with Gasteiger partial charge in [0.15, 0.2) is 11.5 Å². The second-order valence-corrected chi connectivity index (χ2v) is 6.23. The molecule has 3 aromatic rings. The van der Waals surface area contributed by atoms with E-state index in [0.29, 0.717) is 36.1 Å². The van der Waals surface area contributed by atoms with Gasteiger partial charge in [-0.15, -0.1) is 0 Å². The quantitative estimate of drug-likeness (QED) is 0.611. The Morgan fingerprint density at radius 1 is 1.00 bits per heavy atom. The Morgan fingerprint density at radius 2 is 1.71 bits per heavy atom. The van der Waals surface area contributed by atoms with Crippen molar-refractivity contribution in [3.05, 3.63) is 58.4 Å². The minimum absolute atomic E-state index is 0.0314. The number of nitrogens with zero attached hydrogens (tertiary/aromatic N) is 3. The Bertz CT molecular complexity index is 1210. The number of imide groups is 1. The smallest absolute Gasteiger partial charge is 0.262 e. The summed E-state index contributed by atoms with van der Waals surface area (Å²) in [4.78, 5) is 40.9. The third kappa shape index (κ3) is 2.21. The summed E-state index contributed by atoms with van der Waals surface area (Å²) < 4.78 is 14.1. The van der Waals surface area contributed by atoms with Crippen LogP contribution in [0.3, 0.4) is 0 Å². The van der Waals surface area contributed by atoms with E-state index in [1.54, 1.807) is 35.4 Å². The number of fused-ring (bicyclic) bond motifs is 2. The monoisotopic (exact) mass is 379 g/mol. The summed E-state index contributed by atoms with van der Waals surface area (Å²) in [6.45, 7) is 0.765. The fraction of sp³-hybridized carbons (Fsp3) is 0.111. The fourth-order valence-corrected chi connectivity index (χ4v) is 3.38. The van der Waals surface area contributed by atoms with Gasteiger partial charge in [-0.05, 0) is 0 Å². The number of nitrogen functional groups attached to an aromatic ring is 1. The predicted molar refractivity (Wildman–Crippen MR) is 96.4 cm³/mol. The summed E-state index contributed by atoms with van der Waals surface area (Å²) in [5.41, 5.74) is 6.45. The zero-order chi connectivity index (χ0) is 19.4. The van der Waals surface area contributed by atoms with Crippen LogP contribution in [0.5, 0.6) is 11.5 Å². The number of benzene rings is 1. The van der Waals surface area contributed by atoms with Crippen LogP contribution >= 0.6 is 0 Å². The van der Waals surface area contributed by atoms with Crippen LogP contribution in [-0.4, -0.2) is 39.1 Å². The number of nitrogens with two attached hydrogens (primary N) is 1. The van der Waals surface area contributed by atoms with E-state index in [4.69, 9.17) is 15.2 Å². The van der Waals surface area contributed by atoms with Crippen molar-refractivity contribution >= 4 is 17.6 Å². The SMILES string of the molecule is Nc1c2c(cc(=O)n1-c1cc3c(cc1-n1ccnc1)OCCO3)C(=O)NC2=O. The molecule has 2 amide bonds. The lowest BCUT2D eigenvalue weighted by Crippen LogP contribution is -2.25. The molecule has 0 fully saturated rings. The van der Waals surface area contributed by atoms with Crippen LogP contribution in [0, 0.1) is 0 Å². The molecule has 4 heterocycles. The van der Waals surface area contributed by atoms with E-state index >= 15 is 0 Å². The topological polar surface area (TPSA) is 130 Å². The molecule has 2 aromatic heterocycles. The first-order valence-corrected chi connectivity index (χ1v) is 8.38. The Morgan fingerprint density at radius 3 is 2.39 bits per heavy atom. The van der Waals surface area contributed by atoms with Crippen molar-refractivity contribution in [3.63, 3.8) is 0 Å². The maximum atomic E-state index is 12.8. The van der Waals surface area contributed by atoms with Gasteiger partial charge >= 0.3 is 0 Å². The third-order valence-electron chi connectivity index (χ3n) is 4.62. The number of anilines is 1. The molecule has 0 aliphatic carbocycles. The van der Waals surface area contributed by atoms with E-state index < -0.39 is 17.4 Å². The Balaban J connectivity index is 1.83. The number of pyridine rings is 1. The van der Waals surface area contributed by atoms with Gasteiger partial charge in [0.2, 0.25) is 0 Å². The van der Waals surface area contributed by atoms with E-state index in [1.807, 2.05) is 0 Å². The highest BCUT2D eigenvalue weighted by Gasteiger charge is 2.32. The number of nitrogens with one attached hydrogen (secondary N) is 1. The molecule has 5 rings (SSSR count). The summed E-state index contributed by atoms with van der Waals surface area (Å²) in [7, 11) is 0. The lowest BCUT2D eigenvalue weighted by molar-refractivity contribution is 0.0880. The van der Waals surface area contributed by atoms with Gasteiger partial charge in [0.05, 0.1) is 28.8 Å².